The number of methoxy groups -OCH3 is 1. The Balaban J connectivity index is 2.36. The first kappa shape index (κ1) is 23.2. The molecule has 1 aliphatic rings. The van der Waals surface area contributed by atoms with Crippen molar-refractivity contribution in [1.29, 1.82) is 0 Å². The summed E-state index contributed by atoms with van der Waals surface area (Å²) in [5.74, 6) is 0.989. The van der Waals surface area contributed by atoms with E-state index in [9.17, 15) is 0 Å². The third kappa shape index (κ3) is 4.14. The predicted molar refractivity (Wildman–Crippen MR) is 136 cm³/mol. The lowest BCUT2D eigenvalue weighted by atomic mass is 9.80. The van der Waals surface area contributed by atoms with E-state index < -0.39 is 7.38 Å². The van der Waals surface area contributed by atoms with Crippen LogP contribution in [0.1, 0.15) is 76.3 Å². The van der Waals surface area contributed by atoms with Crippen molar-refractivity contribution in [2.45, 2.75) is 77.9 Å². The highest BCUT2D eigenvalue weighted by atomic mass is 35.6. The molecule has 0 radical (unpaired) electrons. The van der Waals surface area contributed by atoms with Crippen LogP contribution in [0.4, 0.5) is 0 Å². The average molecular weight is 441 g/mol. The van der Waals surface area contributed by atoms with E-state index in [1.54, 1.807) is 7.11 Å². The molecule has 2 aromatic carbocycles. The first-order chi connectivity index (χ1) is 13.7. The van der Waals surface area contributed by atoms with Crippen LogP contribution in [-0.4, -0.2) is 14.5 Å². The van der Waals surface area contributed by atoms with E-state index in [2.05, 4.69) is 98.0 Å². The van der Waals surface area contributed by atoms with Crippen LogP contribution in [0.2, 0.25) is 13.1 Å². The van der Waals surface area contributed by atoms with Crippen molar-refractivity contribution in [2.75, 3.05) is 7.11 Å². The van der Waals surface area contributed by atoms with Crippen molar-refractivity contribution in [3.8, 4) is 16.9 Å². The second-order valence-corrected chi connectivity index (χ2v) is 17.9. The standard InChI is InChI=1S/C27H37ClOSi/c1-17-15-20-21(25(17)30(9,10)28)16-22(27(5,6)7)24(29-8)23(20)18-11-13-19(14-12-18)26(2,3)4/h11-16,25H,1-10H3. The van der Waals surface area contributed by atoms with Crippen LogP contribution >= 0.6 is 11.1 Å². The van der Waals surface area contributed by atoms with Crippen molar-refractivity contribution >= 4 is 24.5 Å². The van der Waals surface area contributed by atoms with Crippen LogP contribution in [0.3, 0.4) is 0 Å². The monoisotopic (exact) mass is 440 g/mol. The highest BCUT2D eigenvalue weighted by Gasteiger charge is 2.40. The third-order valence-electron chi connectivity index (χ3n) is 6.23. The van der Waals surface area contributed by atoms with Gasteiger partial charge < -0.3 is 4.74 Å². The lowest BCUT2D eigenvalue weighted by molar-refractivity contribution is 0.399. The van der Waals surface area contributed by atoms with Gasteiger partial charge in [-0.3, -0.25) is 0 Å². The topological polar surface area (TPSA) is 9.23 Å². The number of hydrogen-bond donors (Lipinski definition) is 0. The summed E-state index contributed by atoms with van der Waals surface area (Å²) in [4.78, 5) is 0. The van der Waals surface area contributed by atoms with Crippen molar-refractivity contribution in [1.82, 2.24) is 0 Å². The molecule has 0 saturated heterocycles. The molecule has 0 bridgehead atoms. The Morgan fingerprint density at radius 3 is 1.93 bits per heavy atom. The van der Waals surface area contributed by atoms with Crippen LogP contribution < -0.4 is 4.74 Å². The van der Waals surface area contributed by atoms with Crippen LogP contribution in [0.25, 0.3) is 17.2 Å². The molecule has 1 aliphatic carbocycles. The maximum absolute atomic E-state index is 7.04. The first-order valence-electron chi connectivity index (χ1n) is 10.9. The van der Waals surface area contributed by atoms with Gasteiger partial charge in [0.1, 0.15) is 5.75 Å². The lowest BCUT2D eigenvalue weighted by Crippen LogP contribution is -2.28. The predicted octanol–water partition coefficient (Wildman–Crippen LogP) is 8.44. The van der Waals surface area contributed by atoms with Gasteiger partial charge in [0, 0.05) is 16.7 Å². The van der Waals surface area contributed by atoms with Crippen LogP contribution in [0, 0.1) is 0 Å². The van der Waals surface area contributed by atoms with E-state index in [1.165, 1.54) is 39.0 Å². The van der Waals surface area contributed by atoms with Gasteiger partial charge in [0.25, 0.3) is 0 Å². The molecule has 0 saturated carbocycles. The van der Waals surface area contributed by atoms with Crippen molar-refractivity contribution < 1.29 is 4.74 Å². The van der Waals surface area contributed by atoms with E-state index in [1.807, 2.05) is 0 Å². The van der Waals surface area contributed by atoms with E-state index >= 15 is 0 Å². The molecule has 1 atom stereocenters. The van der Waals surface area contributed by atoms with Gasteiger partial charge in [-0.1, -0.05) is 96.6 Å². The molecule has 0 fully saturated rings. The Morgan fingerprint density at radius 1 is 0.933 bits per heavy atom. The number of rotatable bonds is 3. The van der Waals surface area contributed by atoms with Crippen molar-refractivity contribution in [3.63, 3.8) is 0 Å². The summed E-state index contributed by atoms with van der Waals surface area (Å²) in [7, 11) is -0.144. The molecule has 0 spiro atoms. The smallest absolute Gasteiger partial charge is 0.161 e. The zero-order valence-electron chi connectivity index (χ0n) is 20.3. The molecule has 1 nitrogen and oxygen atoms in total. The van der Waals surface area contributed by atoms with E-state index in [0.717, 1.165) is 5.75 Å². The Morgan fingerprint density at radius 2 is 1.50 bits per heavy atom. The summed E-state index contributed by atoms with van der Waals surface area (Å²) in [6, 6.07) is 11.4. The van der Waals surface area contributed by atoms with Gasteiger partial charge in [-0.25, -0.2) is 0 Å². The second kappa shape index (κ2) is 7.57. The number of hydrogen-bond acceptors (Lipinski definition) is 1. The first-order valence-corrected chi connectivity index (χ1v) is 15.0. The SMILES string of the molecule is COc1c(C(C)(C)C)cc2c(c1-c1ccc(C(C)(C)C)cc1)C=C(C)C2[Si](C)(C)Cl. The van der Waals surface area contributed by atoms with Gasteiger partial charge in [0.2, 0.25) is 0 Å². The minimum Gasteiger partial charge on any atom is -0.496 e. The Bertz CT molecular complexity index is 980. The number of allylic oxidation sites excluding steroid dienone is 1. The zero-order chi connectivity index (χ0) is 22.6. The second-order valence-electron chi connectivity index (χ2n) is 11.3. The molecule has 3 heteroatoms. The minimum absolute atomic E-state index is 0.0282. The highest BCUT2D eigenvalue weighted by molar-refractivity contribution is 7.20. The fraction of sp³-hybridized carbons (Fsp3) is 0.481. The molecule has 0 aliphatic heterocycles. The number of fused-ring (bicyclic) bond motifs is 1. The van der Waals surface area contributed by atoms with Gasteiger partial charge >= 0.3 is 0 Å². The molecule has 3 rings (SSSR count). The maximum atomic E-state index is 7.04. The summed E-state index contributed by atoms with van der Waals surface area (Å²) in [6.07, 6.45) is 2.35. The quantitative estimate of drug-likeness (QED) is 0.343. The van der Waals surface area contributed by atoms with E-state index in [0.29, 0.717) is 5.54 Å². The molecule has 2 aromatic rings. The molecule has 0 amide bonds. The van der Waals surface area contributed by atoms with Gasteiger partial charge in [0.05, 0.1) is 7.11 Å². The fourth-order valence-electron chi connectivity index (χ4n) is 4.75. The molecule has 0 aromatic heterocycles. The van der Waals surface area contributed by atoms with Crippen molar-refractivity contribution in [3.05, 3.63) is 58.2 Å². The van der Waals surface area contributed by atoms with Crippen LogP contribution in [-0.2, 0) is 10.8 Å². The average Bonchev–Trinajstić information content (AvgIpc) is 2.94. The lowest BCUT2D eigenvalue weighted by Gasteiger charge is -2.30. The van der Waals surface area contributed by atoms with E-state index in [4.69, 9.17) is 15.8 Å². The Hall–Kier alpha value is -1.51. The molecular weight excluding hydrogens is 404 g/mol. The zero-order valence-corrected chi connectivity index (χ0v) is 22.1. The normalized spacial score (nSPS) is 17.0. The van der Waals surface area contributed by atoms with Crippen LogP contribution in [0.15, 0.2) is 35.9 Å². The minimum atomic E-state index is -1.94. The van der Waals surface area contributed by atoms with Crippen molar-refractivity contribution in [2.24, 2.45) is 0 Å². The largest absolute Gasteiger partial charge is 0.496 e. The van der Waals surface area contributed by atoms with Crippen LogP contribution in [0.5, 0.6) is 5.75 Å². The summed E-state index contributed by atoms with van der Waals surface area (Å²) in [5, 5.41) is 0. The molecular formula is C27H37ClOSi. The molecule has 162 valence electrons. The third-order valence-corrected chi connectivity index (χ3v) is 9.02. The fourth-order valence-corrected chi connectivity index (χ4v) is 7.77. The maximum Gasteiger partial charge on any atom is 0.161 e. The summed E-state index contributed by atoms with van der Waals surface area (Å²) in [5.41, 5.74) is 9.47. The summed E-state index contributed by atoms with van der Waals surface area (Å²) in [6.45, 7) is 20.3. The number of halogens is 1. The summed E-state index contributed by atoms with van der Waals surface area (Å²) >= 11 is 7.04. The van der Waals surface area contributed by atoms with Gasteiger partial charge in [-0.2, -0.15) is 11.1 Å². The molecule has 30 heavy (non-hydrogen) atoms. The number of benzene rings is 2. The van der Waals surface area contributed by atoms with E-state index in [-0.39, 0.29) is 10.8 Å². The molecule has 1 unspecified atom stereocenters. The highest BCUT2D eigenvalue weighted by Crippen LogP contribution is 2.52. The number of ether oxygens (including phenoxy) is 1. The Labute approximate surface area is 189 Å². The summed E-state index contributed by atoms with van der Waals surface area (Å²) < 4.78 is 6.09. The van der Waals surface area contributed by atoms with Gasteiger partial charge in [-0.15, -0.1) is 0 Å². The molecule has 0 N–H and O–H groups in total. The molecule has 0 heterocycles. The van der Waals surface area contributed by atoms with Gasteiger partial charge in [-0.05, 0) is 40.0 Å². The Kier molecular flexibility index (Phi) is 5.84. The van der Waals surface area contributed by atoms with Gasteiger partial charge in [0.15, 0.2) is 7.38 Å².